The number of carbonyl (C=O) groups is 1. The highest BCUT2D eigenvalue weighted by atomic mass is 16.5. The van der Waals surface area contributed by atoms with Gasteiger partial charge in [-0.3, -0.25) is 4.79 Å². The summed E-state index contributed by atoms with van der Waals surface area (Å²) in [6, 6.07) is 7.24. The first-order chi connectivity index (χ1) is 13.4. The van der Waals surface area contributed by atoms with Crippen molar-refractivity contribution in [1.29, 1.82) is 0 Å². The molecule has 1 aliphatic rings. The lowest BCUT2D eigenvalue weighted by Gasteiger charge is -2.27. The van der Waals surface area contributed by atoms with Crippen molar-refractivity contribution in [3.63, 3.8) is 0 Å². The van der Waals surface area contributed by atoms with Gasteiger partial charge in [0.15, 0.2) is 0 Å². The second-order valence-corrected chi connectivity index (χ2v) is 7.06. The number of ether oxygens (including phenoxy) is 2. The fourth-order valence-electron chi connectivity index (χ4n) is 3.80. The number of aryl methyl sites for hydroxylation is 2. The molecule has 1 aliphatic heterocycles. The van der Waals surface area contributed by atoms with E-state index in [4.69, 9.17) is 9.47 Å². The number of pyridine rings is 1. The third-order valence-corrected chi connectivity index (χ3v) is 5.22. The number of carbonyl (C=O) groups excluding carboxylic acids is 1. The number of amides is 2. The molecule has 2 N–H and O–H groups in total. The maximum absolute atomic E-state index is 12.9. The highest BCUT2D eigenvalue weighted by Gasteiger charge is 2.32. The van der Waals surface area contributed by atoms with Crippen LogP contribution in [0.25, 0.3) is 0 Å². The average molecular weight is 385 g/mol. The zero-order valence-corrected chi connectivity index (χ0v) is 16.8. The Bertz CT molecular complexity index is 922. The average Bonchev–Trinajstić information content (AvgIpc) is 3.16. The summed E-state index contributed by atoms with van der Waals surface area (Å²) in [5, 5.41) is 2.90. The molecule has 0 bridgehead atoms. The molecule has 28 heavy (non-hydrogen) atoms. The van der Waals surface area contributed by atoms with Crippen LogP contribution in [-0.4, -0.2) is 36.7 Å². The van der Waals surface area contributed by atoms with Crippen LogP contribution in [-0.2, 0) is 6.54 Å². The Balaban J connectivity index is 1.78. The Kier molecular flexibility index (Phi) is 5.92. The van der Waals surface area contributed by atoms with Crippen molar-refractivity contribution >= 4 is 6.03 Å². The summed E-state index contributed by atoms with van der Waals surface area (Å²) >= 11 is 0. The maximum Gasteiger partial charge on any atom is 0.318 e. The van der Waals surface area contributed by atoms with E-state index in [9.17, 15) is 9.59 Å². The van der Waals surface area contributed by atoms with Crippen molar-refractivity contribution in [2.45, 2.75) is 39.3 Å². The van der Waals surface area contributed by atoms with Crippen molar-refractivity contribution in [1.82, 2.24) is 15.2 Å². The molecule has 7 nitrogen and oxygen atoms in total. The van der Waals surface area contributed by atoms with Gasteiger partial charge in [0.25, 0.3) is 5.56 Å². The van der Waals surface area contributed by atoms with E-state index in [0.29, 0.717) is 12.1 Å². The van der Waals surface area contributed by atoms with Gasteiger partial charge in [-0.2, -0.15) is 0 Å². The minimum absolute atomic E-state index is 0.0950. The third-order valence-electron chi connectivity index (χ3n) is 5.22. The monoisotopic (exact) mass is 385 g/mol. The van der Waals surface area contributed by atoms with Crippen molar-refractivity contribution in [2.24, 2.45) is 0 Å². The van der Waals surface area contributed by atoms with E-state index < -0.39 is 0 Å². The van der Waals surface area contributed by atoms with Gasteiger partial charge in [0.2, 0.25) is 0 Å². The fraction of sp³-hybridized carbons (Fsp3) is 0.429. The molecule has 0 radical (unpaired) electrons. The van der Waals surface area contributed by atoms with Crippen molar-refractivity contribution in [2.75, 3.05) is 20.8 Å². The minimum atomic E-state index is -0.188. The number of urea groups is 1. The fourth-order valence-corrected chi connectivity index (χ4v) is 3.80. The SMILES string of the molecule is COc1ccc(OC)c(C2CCCN2C(=O)NCc2c(C)cc(C)[nH]c2=O)c1. The normalized spacial score (nSPS) is 16.1. The molecular weight excluding hydrogens is 358 g/mol. The van der Waals surface area contributed by atoms with Crippen LogP contribution >= 0.6 is 0 Å². The first-order valence-corrected chi connectivity index (χ1v) is 9.40. The van der Waals surface area contributed by atoms with Gasteiger partial charge in [-0.05, 0) is 56.5 Å². The summed E-state index contributed by atoms with van der Waals surface area (Å²) in [4.78, 5) is 29.6. The Morgan fingerprint density at radius 1 is 1.25 bits per heavy atom. The summed E-state index contributed by atoms with van der Waals surface area (Å²) in [5.74, 6) is 1.46. The molecule has 2 amide bonds. The molecule has 1 fully saturated rings. The summed E-state index contributed by atoms with van der Waals surface area (Å²) < 4.78 is 10.8. The number of nitrogens with zero attached hydrogens (tertiary/aromatic N) is 1. The number of nitrogens with one attached hydrogen (secondary N) is 2. The zero-order chi connectivity index (χ0) is 20.3. The number of rotatable bonds is 5. The first kappa shape index (κ1) is 19.8. The van der Waals surface area contributed by atoms with Crippen molar-refractivity contribution in [3.8, 4) is 11.5 Å². The van der Waals surface area contributed by atoms with E-state index in [1.165, 1.54) is 0 Å². The molecule has 0 spiro atoms. The van der Waals surface area contributed by atoms with Gasteiger partial charge in [-0.1, -0.05) is 0 Å². The predicted molar refractivity (Wildman–Crippen MR) is 107 cm³/mol. The molecular formula is C21H27N3O4. The summed E-state index contributed by atoms with van der Waals surface area (Å²) in [6.45, 7) is 4.56. The lowest BCUT2D eigenvalue weighted by atomic mass is 10.0. The Morgan fingerprint density at radius 2 is 2.04 bits per heavy atom. The van der Waals surface area contributed by atoms with Gasteiger partial charge in [-0.15, -0.1) is 0 Å². The molecule has 1 aromatic carbocycles. The molecule has 150 valence electrons. The molecule has 2 aromatic rings. The van der Waals surface area contributed by atoms with Crippen molar-refractivity contribution in [3.05, 3.63) is 57.0 Å². The van der Waals surface area contributed by atoms with Gasteiger partial charge in [0.05, 0.1) is 26.8 Å². The van der Waals surface area contributed by atoms with E-state index >= 15 is 0 Å². The van der Waals surface area contributed by atoms with Crippen LogP contribution in [0.1, 0.15) is 41.3 Å². The van der Waals surface area contributed by atoms with Crippen LogP contribution in [0.4, 0.5) is 4.79 Å². The summed E-state index contributed by atoms with van der Waals surface area (Å²) in [6.07, 6.45) is 1.75. The number of hydrogen-bond acceptors (Lipinski definition) is 4. The number of likely N-dealkylation sites (tertiary alicyclic amines) is 1. The van der Waals surface area contributed by atoms with E-state index in [1.54, 1.807) is 19.1 Å². The molecule has 2 heterocycles. The van der Waals surface area contributed by atoms with E-state index in [0.717, 1.165) is 41.2 Å². The standard InChI is InChI=1S/C21H27N3O4/c1-13-10-14(2)23-20(25)17(13)12-22-21(26)24-9-5-6-18(24)16-11-15(27-3)7-8-19(16)28-4/h7-8,10-11,18H,5-6,9,12H2,1-4H3,(H,22,26)(H,23,25). The largest absolute Gasteiger partial charge is 0.497 e. The summed E-state index contributed by atoms with van der Waals surface area (Å²) in [7, 11) is 3.24. The van der Waals surface area contributed by atoms with Crippen LogP contribution in [0.3, 0.4) is 0 Å². The second-order valence-electron chi connectivity index (χ2n) is 7.06. The predicted octanol–water partition coefficient (Wildman–Crippen LogP) is 3.06. The van der Waals surface area contributed by atoms with Crippen LogP contribution in [0.5, 0.6) is 11.5 Å². The number of aromatic nitrogens is 1. The number of aromatic amines is 1. The van der Waals surface area contributed by atoms with Gasteiger partial charge < -0.3 is 24.7 Å². The zero-order valence-electron chi connectivity index (χ0n) is 16.8. The topological polar surface area (TPSA) is 83.7 Å². The highest BCUT2D eigenvalue weighted by molar-refractivity contribution is 5.75. The Hall–Kier alpha value is -2.96. The molecule has 1 aromatic heterocycles. The van der Waals surface area contributed by atoms with Crippen LogP contribution in [0, 0.1) is 13.8 Å². The minimum Gasteiger partial charge on any atom is -0.497 e. The molecule has 1 saturated heterocycles. The molecule has 1 atom stereocenters. The molecule has 1 unspecified atom stereocenters. The first-order valence-electron chi connectivity index (χ1n) is 9.40. The Morgan fingerprint density at radius 3 is 2.71 bits per heavy atom. The number of hydrogen-bond donors (Lipinski definition) is 2. The third kappa shape index (κ3) is 3.98. The quantitative estimate of drug-likeness (QED) is 0.829. The van der Waals surface area contributed by atoms with Crippen LogP contribution in [0.15, 0.2) is 29.1 Å². The van der Waals surface area contributed by atoms with Gasteiger partial charge >= 0.3 is 6.03 Å². The van der Waals surface area contributed by atoms with E-state index in [-0.39, 0.29) is 24.2 Å². The second kappa shape index (κ2) is 8.37. The highest BCUT2D eigenvalue weighted by Crippen LogP contribution is 2.38. The number of methoxy groups -OCH3 is 2. The lowest BCUT2D eigenvalue weighted by molar-refractivity contribution is 0.191. The maximum atomic E-state index is 12.9. The number of benzene rings is 1. The molecule has 0 aliphatic carbocycles. The molecule has 7 heteroatoms. The van der Waals surface area contributed by atoms with Crippen molar-refractivity contribution < 1.29 is 14.3 Å². The van der Waals surface area contributed by atoms with Gasteiger partial charge in [0.1, 0.15) is 11.5 Å². The van der Waals surface area contributed by atoms with Crippen LogP contribution < -0.4 is 20.3 Å². The lowest BCUT2D eigenvalue weighted by Crippen LogP contribution is -2.40. The van der Waals surface area contributed by atoms with E-state index in [1.807, 2.05) is 38.1 Å². The van der Waals surface area contributed by atoms with E-state index in [2.05, 4.69) is 10.3 Å². The Labute approximate surface area is 164 Å². The summed E-state index contributed by atoms with van der Waals surface area (Å²) in [5.41, 5.74) is 3.02. The number of H-pyrrole nitrogens is 1. The van der Waals surface area contributed by atoms with Gasteiger partial charge in [0, 0.05) is 23.4 Å². The van der Waals surface area contributed by atoms with Gasteiger partial charge in [-0.25, -0.2) is 4.79 Å². The smallest absolute Gasteiger partial charge is 0.318 e. The van der Waals surface area contributed by atoms with Crippen LogP contribution in [0.2, 0.25) is 0 Å². The molecule has 3 rings (SSSR count). The molecule has 0 saturated carbocycles.